The average Bonchev–Trinajstić information content (AvgIpc) is 3.00. The number of aryl methyl sites for hydroxylation is 2. The summed E-state index contributed by atoms with van der Waals surface area (Å²) in [6.07, 6.45) is 0. The van der Waals surface area contributed by atoms with Gasteiger partial charge in [-0.2, -0.15) is 0 Å². The minimum Gasteiger partial charge on any atom is -0.338 e. The van der Waals surface area contributed by atoms with Crippen molar-refractivity contribution in [3.63, 3.8) is 0 Å². The summed E-state index contributed by atoms with van der Waals surface area (Å²) in [6, 6.07) is 9.71. The Morgan fingerprint density at radius 1 is 1.27 bits per heavy atom. The van der Waals surface area contributed by atoms with Crippen molar-refractivity contribution < 1.29 is 9.32 Å². The summed E-state index contributed by atoms with van der Waals surface area (Å²) in [7, 11) is 1.75. The first kappa shape index (κ1) is 19.9. The third kappa shape index (κ3) is 3.57. The minimum absolute atomic E-state index is 0. The summed E-state index contributed by atoms with van der Waals surface area (Å²) >= 11 is 0. The highest BCUT2D eigenvalue weighted by atomic mass is 35.5. The number of nitrogens with zero attached hydrogens (tertiary/aromatic N) is 3. The molecule has 0 saturated heterocycles. The van der Waals surface area contributed by atoms with Gasteiger partial charge in [0, 0.05) is 25.2 Å². The SMILES string of the molecule is Cc1ccc(-c2cc(C(=O)N(C)C(C)CN)c3c(C)noc3n2)cc1.Cl. The highest BCUT2D eigenvalue weighted by Gasteiger charge is 2.23. The fraction of sp³-hybridized carbons (Fsp3) is 0.316. The summed E-state index contributed by atoms with van der Waals surface area (Å²) in [5.41, 5.74) is 10.0. The molecule has 0 fully saturated rings. The molecule has 0 aliphatic heterocycles. The third-order valence-corrected chi connectivity index (χ3v) is 4.52. The largest absolute Gasteiger partial charge is 0.338 e. The molecule has 138 valence electrons. The third-order valence-electron chi connectivity index (χ3n) is 4.52. The van der Waals surface area contributed by atoms with Gasteiger partial charge < -0.3 is 15.2 Å². The molecule has 3 aromatic rings. The maximum atomic E-state index is 13.0. The van der Waals surface area contributed by atoms with Gasteiger partial charge in [-0.05, 0) is 26.8 Å². The number of fused-ring (bicyclic) bond motifs is 1. The zero-order chi connectivity index (χ0) is 18.1. The minimum atomic E-state index is -0.120. The van der Waals surface area contributed by atoms with Crippen LogP contribution in [0.4, 0.5) is 0 Å². The summed E-state index contributed by atoms with van der Waals surface area (Å²) in [5.74, 6) is -0.120. The Labute approximate surface area is 158 Å². The number of hydrogen-bond acceptors (Lipinski definition) is 5. The van der Waals surface area contributed by atoms with E-state index in [1.54, 1.807) is 18.0 Å². The molecule has 0 aliphatic carbocycles. The number of amides is 1. The molecule has 0 aliphatic rings. The lowest BCUT2D eigenvalue weighted by Crippen LogP contribution is -2.39. The predicted octanol–water partition coefficient (Wildman–Crippen LogP) is 3.35. The monoisotopic (exact) mass is 374 g/mol. The van der Waals surface area contributed by atoms with Crippen LogP contribution in [0.15, 0.2) is 34.9 Å². The highest BCUT2D eigenvalue weighted by molar-refractivity contribution is 6.07. The fourth-order valence-corrected chi connectivity index (χ4v) is 2.68. The molecule has 7 heteroatoms. The molecular formula is C19H23ClN4O2. The summed E-state index contributed by atoms with van der Waals surface area (Å²) in [4.78, 5) is 19.2. The molecule has 26 heavy (non-hydrogen) atoms. The Kier molecular flexibility index (Phi) is 6.00. The highest BCUT2D eigenvalue weighted by Crippen LogP contribution is 2.28. The van der Waals surface area contributed by atoms with Crippen molar-refractivity contribution in [2.24, 2.45) is 5.73 Å². The molecule has 0 spiro atoms. The number of benzene rings is 1. The summed E-state index contributed by atoms with van der Waals surface area (Å²) in [5, 5.41) is 4.63. The van der Waals surface area contributed by atoms with Gasteiger partial charge in [0.25, 0.3) is 11.6 Å². The first-order valence-electron chi connectivity index (χ1n) is 8.23. The second kappa shape index (κ2) is 7.85. The zero-order valence-electron chi connectivity index (χ0n) is 15.3. The molecular weight excluding hydrogens is 352 g/mol. The second-order valence-corrected chi connectivity index (χ2v) is 6.37. The van der Waals surface area contributed by atoms with E-state index in [0.29, 0.717) is 34.6 Å². The molecule has 1 atom stereocenters. The summed E-state index contributed by atoms with van der Waals surface area (Å²) < 4.78 is 5.34. The van der Waals surface area contributed by atoms with E-state index in [2.05, 4.69) is 10.1 Å². The molecule has 0 radical (unpaired) electrons. The van der Waals surface area contributed by atoms with Crippen molar-refractivity contribution in [3.05, 3.63) is 47.2 Å². The molecule has 2 aromatic heterocycles. The van der Waals surface area contributed by atoms with Gasteiger partial charge in [-0.3, -0.25) is 4.79 Å². The maximum absolute atomic E-state index is 13.0. The van der Waals surface area contributed by atoms with Crippen LogP contribution in [0.2, 0.25) is 0 Å². The Bertz CT molecular complexity index is 921. The van der Waals surface area contributed by atoms with Crippen molar-refractivity contribution in [3.8, 4) is 11.3 Å². The number of pyridine rings is 1. The molecule has 1 aromatic carbocycles. The average molecular weight is 375 g/mol. The number of halogens is 1. The number of carbonyl (C=O) groups excluding carboxylic acids is 1. The standard InChI is InChI=1S/C19H22N4O2.ClH/c1-11-5-7-14(8-6-11)16-9-15(19(24)23(4)12(2)10-20)17-13(3)22-25-18(17)21-16;/h5-9,12H,10,20H2,1-4H3;1H. The van der Waals surface area contributed by atoms with E-state index in [9.17, 15) is 4.79 Å². The molecule has 3 rings (SSSR count). The van der Waals surface area contributed by atoms with Crippen LogP contribution in [0, 0.1) is 13.8 Å². The van der Waals surface area contributed by atoms with Crippen LogP contribution in [0.1, 0.15) is 28.5 Å². The van der Waals surface area contributed by atoms with Gasteiger partial charge in [0.1, 0.15) is 0 Å². The van der Waals surface area contributed by atoms with Gasteiger partial charge in [-0.25, -0.2) is 4.98 Å². The number of hydrogen-bond donors (Lipinski definition) is 1. The van der Waals surface area contributed by atoms with Crippen LogP contribution in [-0.4, -0.2) is 40.6 Å². The lowest BCUT2D eigenvalue weighted by Gasteiger charge is -2.24. The zero-order valence-corrected chi connectivity index (χ0v) is 16.1. The first-order valence-corrected chi connectivity index (χ1v) is 8.23. The van der Waals surface area contributed by atoms with Crippen molar-refractivity contribution in [1.82, 2.24) is 15.0 Å². The molecule has 1 unspecified atom stereocenters. The topological polar surface area (TPSA) is 85.2 Å². The van der Waals surface area contributed by atoms with E-state index in [0.717, 1.165) is 11.1 Å². The number of nitrogens with two attached hydrogens (primary N) is 1. The Morgan fingerprint density at radius 3 is 2.54 bits per heavy atom. The van der Waals surface area contributed by atoms with E-state index in [-0.39, 0.29) is 24.4 Å². The lowest BCUT2D eigenvalue weighted by molar-refractivity contribution is 0.0750. The van der Waals surface area contributed by atoms with Crippen molar-refractivity contribution >= 4 is 29.4 Å². The molecule has 2 N–H and O–H groups in total. The Balaban J connectivity index is 0.00000243. The number of rotatable bonds is 4. The molecule has 0 saturated carbocycles. The van der Waals surface area contributed by atoms with E-state index < -0.39 is 0 Å². The van der Waals surface area contributed by atoms with Gasteiger partial charge in [0.05, 0.1) is 22.3 Å². The lowest BCUT2D eigenvalue weighted by atomic mass is 10.0. The van der Waals surface area contributed by atoms with Crippen LogP contribution in [0.25, 0.3) is 22.4 Å². The fourth-order valence-electron chi connectivity index (χ4n) is 2.68. The van der Waals surface area contributed by atoms with Gasteiger partial charge >= 0.3 is 0 Å². The number of aromatic nitrogens is 2. The van der Waals surface area contributed by atoms with E-state index >= 15 is 0 Å². The van der Waals surface area contributed by atoms with Gasteiger partial charge in [0.2, 0.25) is 0 Å². The van der Waals surface area contributed by atoms with Crippen LogP contribution in [0.5, 0.6) is 0 Å². The quantitative estimate of drug-likeness (QED) is 0.756. The Morgan fingerprint density at radius 2 is 1.92 bits per heavy atom. The molecule has 0 bridgehead atoms. The van der Waals surface area contributed by atoms with Crippen molar-refractivity contribution in [2.45, 2.75) is 26.8 Å². The smallest absolute Gasteiger partial charge is 0.259 e. The van der Waals surface area contributed by atoms with Crippen LogP contribution >= 0.6 is 12.4 Å². The molecule has 2 heterocycles. The first-order chi connectivity index (χ1) is 11.9. The molecule has 1 amide bonds. The number of likely N-dealkylation sites (N-methyl/N-ethyl adjacent to an activating group) is 1. The van der Waals surface area contributed by atoms with Crippen LogP contribution in [0.3, 0.4) is 0 Å². The van der Waals surface area contributed by atoms with Gasteiger partial charge in [0.15, 0.2) is 0 Å². The maximum Gasteiger partial charge on any atom is 0.259 e. The molecule has 6 nitrogen and oxygen atoms in total. The normalized spacial score (nSPS) is 11.9. The van der Waals surface area contributed by atoms with Gasteiger partial charge in [-0.1, -0.05) is 35.0 Å². The van der Waals surface area contributed by atoms with Gasteiger partial charge in [-0.15, -0.1) is 12.4 Å². The number of carbonyl (C=O) groups is 1. The summed E-state index contributed by atoms with van der Waals surface area (Å²) in [6.45, 7) is 6.14. The van der Waals surface area contributed by atoms with E-state index in [1.807, 2.05) is 45.0 Å². The van der Waals surface area contributed by atoms with Crippen LogP contribution < -0.4 is 5.73 Å². The van der Waals surface area contributed by atoms with Crippen molar-refractivity contribution in [2.75, 3.05) is 13.6 Å². The van der Waals surface area contributed by atoms with E-state index in [4.69, 9.17) is 10.3 Å². The van der Waals surface area contributed by atoms with Crippen LogP contribution in [-0.2, 0) is 0 Å². The Hall–Kier alpha value is -2.44. The predicted molar refractivity (Wildman–Crippen MR) is 105 cm³/mol. The van der Waals surface area contributed by atoms with Crippen molar-refractivity contribution in [1.29, 1.82) is 0 Å². The van der Waals surface area contributed by atoms with E-state index in [1.165, 1.54) is 0 Å². The second-order valence-electron chi connectivity index (χ2n) is 6.37.